The largest absolute Gasteiger partial charge is 0.352 e. The molecule has 0 atom stereocenters. The molecule has 0 unspecified atom stereocenters. The molecular formula is C17H17Cl2NO3S. The highest BCUT2D eigenvalue weighted by Gasteiger charge is 2.09. The second kappa shape index (κ2) is 8.01. The van der Waals surface area contributed by atoms with Gasteiger partial charge in [0.15, 0.2) is 9.84 Å². The lowest BCUT2D eigenvalue weighted by atomic mass is 10.1. The number of nitrogens with one attached hydrogen (secondary N) is 1. The third-order valence-electron chi connectivity index (χ3n) is 3.24. The van der Waals surface area contributed by atoms with Crippen molar-refractivity contribution < 1.29 is 13.2 Å². The van der Waals surface area contributed by atoms with Crippen LogP contribution in [-0.4, -0.2) is 27.1 Å². The van der Waals surface area contributed by atoms with Crippen LogP contribution < -0.4 is 5.32 Å². The van der Waals surface area contributed by atoms with E-state index in [-0.39, 0.29) is 11.7 Å². The van der Waals surface area contributed by atoms with Crippen molar-refractivity contribution in [3.63, 3.8) is 0 Å². The van der Waals surface area contributed by atoms with Gasteiger partial charge in [0.1, 0.15) is 0 Å². The summed E-state index contributed by atoms with van der Waals surface area (Å²) in [5.74, 6) is -0.340. The highest BCUT2D eigenvalue weighted by Crippen LogP contribution is 2.19. The number of hydrogen-bond donors (Lipinski definition) is 1. The van der Waals surface area contributed by atoms with Crippen molar-refractivity contribution in [1.82, 2.24) is 5.32 Å². The van der Waals surface area contributed by atoms with Gasteiger partial charge in [0, 0.05) is 28.4 Å². The van der Waals surface area contributed by atoms with Crippen LogP contribution in [0.15, 0.2) is 42.5 Å². The van der Waals surface area contributed by atoms with Gasteiger partial charge in [-0.2, -0.15) is 0 Å². The predicted octanol–water partition coefficient (Wildman–Crippen LogP) is 3.51. The maximum absolute atomic E-state index is 12.2. The van der Waals surface area contributed by atoms with Crippen molar-refractivity contribution in [2.45, 2.75) is 12.2 Å². The lowest BCUT2D eigenvalue weighted by Crippen LogP contribution is -2.25. The van der Waals surface area contributed by atoms with E-state index in [1.807, 2.05) is 0 Å². The molecule has 0 bridgehead atoms. The van der Waals surface area contributed by atoms with Gasteiger partial charge in [-0.15, -0.1) is 0 Å². The van der Waals surface area contributed by atoms with Crippen molar-refractivity contribution in [3.05, 3.63) is 69.2 Å². The molecule has 0 aliphatic rings. The molecule has 24 heavy (non-hydrogen) atoms. The summed E-state index contributed by atoms with van der Waals surface area (Å²) in [6.45, 7) is 0.422. The van der Waals surface area contributed by atoms with E-state index in [1.54, 1.807) is 42.5 Å². The first-order chi connectivity index (χ1) is 11.2. The van der Waals surface area contributed by atoms with Gasteiger partial charge in [-0.3, -0.25) is 4.79 Å². The quantitative estimate of drug-likeness (QED) is 0.827. The first-order valence-electron chi connectivity index (χ1n) is 7.23. The highest BCUT2D eigenvalue weighted by molar-refractivity contribution is 7.89. The Labute approximate surface area is 151 Å². The Morgan fingerprint density at radius 3 is 2.33 bits per heavy atom. The number of rotatable bonds is 6. The number of benzene rings is 2. The van der Waals surface area contributed by atoms with Crippen LogP contribution in [0.25, 0.3) is 0 Å². The number of amides is 1. The summed E-state index contributed by atoms with van der Waals surface area (Å²) in [5, 5.41) is 3.91. The van der Waals surface area contributed by atoms with Crippen LogP contribution in [0.2, 0.25) is 10.0 Å². The molecule has 0 aliphatic heterocycles. The van der Waals surface area contributed by atoms with Crippen molar-refractivity contribution >= 4 is 38.9 Å². The standard InChI is InChI=1S/C17H17Cl2NO3S/c1-24(22,23)11-13-3-2-4-14(7-13)17(21)20-6-5-12-8-15(18)10-16(19)9-12/h2-4,7-10H,5-6,11H2,1H3,(H,20,21). The monoisotopic (exact) mass is 385 g/mol. The number of carbonyl (C=O) groups is 1. The summed E-state index contributed by atoms with van der Waals surface area (Å²) in [6.07, 6.45) is 1.75. The molecule has 2 aromatic carbocycles. The zero-order valence-corrected chi connectivity index (χ0v) is 15.4. The average Bonchev–Trinajstić information content (AvgIpc) is 2.44. The molecule has 2 rings (SSSR count). The van der Waals surface area contributed by atoms with Crippen LogP contribution in [-0.2, 0) is 22.0 Å². The first kappa shape index (κ1) is 18.8. The molecule has 0 aromatic heterocycles. The molecule has 0 heterocycles. The Morgan fingerprint density at radius 2 is 1.71 bits per heavy atom. The van der Waals surface area contributed by atoms with Crippen LogP contribution in [0.1, 0.15) is 21.5 Å². The fourth-order valence-corrected chi connectivity index (χ4v) is 3.64. The summed E-state index contributed by atoms with van der Waals surface area (Å²) >= 11 is 11.9. The van der Waals surface area contributed by atoms with Crippen molar-refractivity contribution in [2.24, 2.45) is 0 Å². The normalized spacial score (nSPS) is 11.3. The van der Waals surface area contributed by atoms with Crippen LogP contribution in [0.4, 0.5) is 0 Å². The van der Waals surface area contributed by atoms with Gasteiger partial charge >= 0.3 is 0 Å². The minimum absolute atomic E-state index is 0.0882. The zero-order chi connectivity index (χ0) is 17.7. The fraction of sp³-hybridized carbons (Fsp3) is 0.235. The average molecular weight is 386 g/mol. The maximum Gasteiger partial charge on any atom is 0.251 e. The number of sulfone groups is 1. The van der Waals surface area contributed by atoms with E-state index in [2.05, 4.69) is 5.32 Å². The Hall–Kier alpha value is -1.56. The van der Waals surface area contributed by atoms with Gasteiger partial charge in [-0.1, -0.05) is 35.3 Å². The summed E-state index contributed by atoms with van der Waals surface area (Å²) < 4.78 is 22.7. The van der Waals surface area contributed by atoms with Crippen molar-refractivity contribution in [1.29, 1.82) is 0 Å². The molecular weight excluding hydrogens is 369 g/mol. The van der Waals surface area contributed by atoms with Crippen LogP contribution in [0.3, 0.4) is 0 Å². The molecule has 0 saturated heterocycles. The third kappa shape index (κ3) is 6.15. The van der Waals surface area contributed by atoms with E-state index in [4.69, 9.17) is 23.2 Å². The molecule has 0 radical (unpaired) electrons. The highest BCUT2D eigenvalue weighted by atomic mass is 35.5. The molecule has 128 valence electrons. The fourth-order valence-electron chi connectivity index (χ4n) is 2.28. The van der Waals surface area contributed by atoms with Crippen LogP contribution >= 0.6 is 23.2 Å². The minimum Gasteiger partial charge on any atom is -0.352 e. The Morgan fingerprint density at radius 1 is 1.04 bits per heavy atom. The second-order valence-electron chi connectivity index (χ2n) is 5.55. The van der Waals surface area contributed by atoms with E-state index in [1.165, 1.54) is 0 Å². The smallest absolute Gasteiger partial charge is 0.251 e. The zero-order valence-electron chi connectivity index (χ0n) is 13.1. The molecule has 0 spiro atoms. The van der Waals surface area contributed by atoms with Gasteiger partial charge < -0.3 is 5.32 Å². The molecule has 0 aliphatic carbocycles. The minimum atomic E-state index is -3.14. The van der Waals surface area contributed by atoms with Crippen molar-refractivity contribution in [2.75, 3.05) is 12.8 Å². The van der Waals surface area contributed by atoms with Gasteiger partial charge in [0.05, 0.1) is 5.75 Å². The van der Waals surface area contributed by atoms with E-state index in [0.717, 1.165) is 11.8 Å². The SMILES string of the molecule is CS(=O)(=O)Cc1cccc(C(=O)NCCc2cc(Cl)cc(Cl)c2)c1. The van der Waals surface area contributed by atoms with E-state index < -0.39 is 9.84 Å². The molecule has 1 N–H and O–H groups in total. The first-order valence-corrected chi connectivity index (χ1v) is 10.0. The summed E-state index contributed by atoms with van der Waals surface area (Å²) in [6, 6.07) is 11.8. The molecule has 4 nitrogen and oxygen atoms in total. The molecule has 0 fully saturated rings. The summed E-state index contributed by atoms with van der Waals surface area (Å²) in [7, 11) is -3.14. The predicted molar refractivity (Wildman–Crippen MR) is 97.5 cm³/mol. The Bertz CT molecular complexity index is 830. The maximum atomic E-state index is 12.2. The van der Waals surface area contributed by atoms with Crippen LogP contribution in [0, 0.1) is 0 Å². The lowest BCUT2D eigenvalue weighted by molar-refractivity contribution is 0.0954. The van der Waals surface area contributed by atoms with Gasteiger partial charge in [0.25, 0.3) is 5.91 Å². The number of halogens is 2. The molecule has 2 aromatic rings. The third-order valence-corrected chi connectivity index (χ3v) is 4.53. The van der Waals surface area contributed by atoms with Crippen molar-refractivity contribution in [3.8, 4) is 0 Å². The topological polar surface area (TPSA) is 63.2 Å². The molecule has 7 heteroatoms. The molecule has 1 amide bonds. The van der Waals surface area contributed by atoms with Gasteiger partial charge in [-0.25, -0.2) is 8.42 Å². The van der Waals surface area contributed by atoms with E-state index in [0.29, 0.717) is 34.1 Å². The number of hydrogen-bond acceptors (Lipinski definition) is 3. The van der Waals surface area contributed by atoms with E-state index >= 15 is 0 Å². The Kier molecular flexibility index (Phi) is 6.27. The van der Waals surface area contributed by atoms with Gasteiger partial charge in [0.2, 0.25) is 0 Å². The summed E-state index contributed by atoms with van der Waals surface area (Å²) in [4.78, 5) is 12.2. The second-order valence-corrected chi connectivity index (χ2v) is 8.57. The van der Waals surface area contributed by atoms with Gasteiger partial charge in [-0.05, 0) is 47.9 Å². The molecule has 0 saturated carbocycles. The lowest BCUT2D eigenvalue weighted by Gasteiger charge is -2.08. The summed E-state index contributed by atoms with van der Waals surface area (Å²) in [5.41, 5.74) is 1.95. The van der Waals surface area contributed by atoms with E-state index in [9.17, 15) is 13.2 Å². The Balaban J connectivity index is 1.96. The van der Waals surface area contributed by atoms with Crippen LogP contribution in [0.5, 0.6) is 0 Å². The number of carbonyl (C=O) groups excluding carboxylic acids is 1.